The number of nitrogens with zero attached hydrogens (tertiary/aromatic N) is 2. The largest absolute Gasteiger partial charge is 0.270 e. The van der Waals surface area contributed by atoms with Crippen molar-refractivity contribution in [3.63, 3.8) is 0 Å². The lowest BCUT2D eigenvalue weighted by molar-refractivity contribution is 0.589. The van der Waals surface area contributed by atoms with Gasteiger partial charge in [-0.15, -0.1) is 0 Å². The summed E-state index contributed by atoms with van der Waals surface area (Å²) in [5, 5.41) is 0. The summed E-state index contributed by atoms with van der Waals surface area (Å²) in [6.45, 7) is 1.64. The van der Waals surface area contributed by atoms with Gasteiger partial charge in [0, 0.05) is 18.7 Å². The monoisotopic (exact) mass is 216 g/mol. The van der Waals surface area contributed by atoms with Gasteiger partial charge < -0.3 is 0 Å². The second-order valence-corrected chi connectivity index (χ2v) is 3.64. The predicted octanol–water partition coefficient (Wildman–Crippen LogP) is 0.845. The molecule has 1 aromatic heterocycles. The molecule has 2 aromatic rings. The van der Waals surface area contributed by atoms with Crippen LogP contribution in [0, 0.1) is 6.92 Å². The lowest BCUT2D eigenvalue weighted by Crippen LogP contribution is -2.36. The van der Waals surface area contributed by atoms with Gasteiger partial charge in [0.2, 0.25) is 0 Å². The molecule has 0 aliphatic heterocycles. The van der Waals surface area contributed by atoms with Crippen LogP contribution in [0.2, 0.25) is 0 Å². The van der Waals surface area contributed by atoms with Crippen molar-refractivity contribution in [1.29, 1.82) is 0 Å². The molecule has 0 saturated carbocycles. The van der Waals surface area contributed by atoms with Crippen LogP contribution in [-0.2, 0) is 7.05 Å². The molecule has 0 N–H and O–H groups in total. The molecule has 1 heterocycles. The molecule has 4 nitrogen and oxygen atoms in total. The Balaban J connectivity index is 2.82. The van der Waals surface area contributed by atoms with E-state index in [1.54, 1.807) is 26.1 Å². The van der Waals surface area contributed by atoms with Crippen LogP contribution in [0.25, 0.3) is 5.69 Å². The van der Waals surface area contributed by atoms with E-state index in [-0.39, 0.29) is 11.1 Å². The van der Waals surface area contributed by atoms with Crippen molar-refractivity contribution in [2.24, 2.45) is 7.05 Å². The summed E-state index contributed by atoms with van der Waals surface area (Å²) in [6.07, 6.45) is 0. The van der Waals surface area contributed by atoms with Crippen molar-refractivity contribution >= 4 is 0 Å². The first-order valence-electron chi connectivity index (χ1n) is 4.96. The minimum atomic E-state index is -0.203. The molecule has 0 saturated heterocycles. The standard InChI is InChI=1S/C12H12N2O2/c1-9-8-11(15)14(13(2)12(9)16)10-6-4-3-5-7-10/h3-8H,1-2H3. The summed E-state index contributed by atoms with van der Waals surface area (Å²) >= 11 is 0. The maximum atomic E-state index is 11.8. The van der Waals surface area contributed by atoms with Crippen LogP contribution in [0.3, 0.4) is 0 Å². The number of para-hydroxylation sites is 1. The lowest BCUT2D eigenvalue weighted by Gasteiger charge is -2.11. The molecule has 0 unspecified atom stereocenters. The van der Waals surface area contributed by atoms with E-state index in [1.807, 2.05) is 18.2 Å². The molecule has 0 amide bonds. The minimum Gasteiger partial charge on any atom is -0.268 e. The van der Waals surface area contributed by atoms with E-state index in [9.17, 15) is 9.59 Å². The van der Waals surface area contributed by atoms with Gasteiger partial charge >= 0.3 is 0 Å². The molecular weight excluding hydrogens is 204 g/mol. The van der Waals surface area contributed by atoms with E-state index < -0.39 is 0 Å². The smallest absolute Gasteiger partial charge is 0.268 e. The Morgan fingerprint density at radius 1 is 1.06 bits per heavy atom. The van der Waals surface area contributed by atoms with Gasteiger partial charge in [0.25, 0.3) is 11.1 Å². The van der Waals surface area contributed by atoms with Gasteiger partial charge in [-0.25, -0.2) is 9.36 Å². The summed E-state index contributed by atoms with van der Waals surface area (Å²) in [5.74, 6) is 0. The van der Waals surface area contributed by atoms with E-state index in [1.165, 1.54) is 15.4 Å². The first-order chi connectivity index (χ1) is 7.61. The first-order valence-corrected chi connectivity index (χ1v) is 4.96. The van der Waals surface area contributed by atoms with E-state index >= 15 is 0 Å². The molecule has 16 heavy (non-hydrogen) atoms. The lowest BCUT2D eigenvalue weighted by atomic mass is 10.3. The number of hydrogen-bond acceptors (Lipinski definition) is 2. The number of aromatic nitrogens is 2. The van der Waals surface area contributed by atoms with Gasteiger partial charge in [0.15, 0.2) is 0 Å². The number of aryl methyl sites for hydroxylation is 1. The van der Waals surface area contributed by atoms with Gasteiger partial charge in [-0.3, -0.25) is 9.59 Å². The van der Waals surface area contributed by atoms with Gasteiger partial charge in [0.1, 0.15) is 0 Å². The average molecular weight is 216 g/mol. The van der Waals surface area contributed by atoms with Crippen LogP contribution in [0.1, 0.15) is 5.56 Å². The number of benzene rings is 1. The summed E-state index contributed by atoms with van der Waals surface area (Å²) < 4.78 is 2.68. The maximum absolute atomic E-state index is 11.8. The Bertz CT molecular complexity index is 624. The van der Waals surface area contributed by atoms with Crippen molar-refractivity contribution < 1.29 is 0 Å². The van der Waals surface area contributed by atoms with Crippen LogP contribution in [0.4, 0.5) is 0 Å². The molecule has 0 radical (unpaired) electrons. The summed E-state index contributed by atoms with van der Waals surface area (Å²) in [6, 6.07) is 10.4. The molecule has 2 rings (SSSR count). The zero-order chi connectivity index (χ0) is 11.7. The molecule has 0 spiro atoms. The average Bonchev–Trinajstić information content (AvgIpc) is 2.28. The third kappa shape index (κ3) is 1.58. The summed E-state index contributed by atoms with van der Waals surface area (Å²) in [5.41, 5.74) is 0.779. The van der Waals surface area contributed by atoms with Crippen LogP contribution >= 0.6 is 0 Å². The Kier molecular flexibility index (Phi) is 2.48. The van der Waals surface area contributed by atoms with Crippen LogP contribution < -0.4 is 11.1 Å². The second kappa shape index (κ2) is 3.81. The van der Waals surface area contributed by atoms with Crippen LogP contribution in [-0.4, -0.2) is 9.36 Å². The van der Waals surface area contributed by atoms with E-state index in [0.29, 0.717) is 11.3 Å². The highest BCUT2D eigenvalue weighted by Crippen LogP contribution is 2.01. The zero-order valence-electron chi connectivity index (χ0n) is 9.18. The number of hydrogen-bond donors (Lipinski definition) is 0. The quantitative estimate of drug-likeness (QED) is 0.709. The molecular formula is C12H12N2O2. The topological polar surface area (TPSA) is 44.0 Å². The van der Waals surface area contributed by atoms with E-state index in [2.05, 4.69) is 0 Å². The highest BCUT2D eigenvalue weighted by molar-refractivity contribution is 5.30. The van der Waals surface area contributed by atoms with Crippen LogP contribution in [0.5, 0.6) is 0 Å². The molecule has 0 bridgehead atoms. The Morgan fingerprint density at radius 2 is 1.69 bits per heavy atom. The van der Waals surface area contributed by atoms with Gasteiger partial charge in [0.05, 0.1) is 5.69 Å². The zero-order valence-corrected chi connectivity index (χ0v) is 9.18. The number of rotatable bonds is 1. The second-order valence-electron chi connectivity index (χ2n) is 3.64. The SMILES string of the molecule is Cc1cc(=O)n(-c2ccccc2)n(C)c1=O. The normalized spacial score (nSPS) is 10.4. The Labute approximate surface area is 92.4 Å². The minimum absolute atomic E-state index is 0.163. The molecule has 0 atom stereocenters. The fraction of sp³-hybridized carbons (Fsp3) is 0.167. The fourth-order valence-electron chi connectivity index (χ4n) is 1.67. The third-order valence-corrected chi connectivity index (χ3v) is 2.48. The van der Waals surface area contributed by atoms with Crippen molar-refractivity contribution in [3.8, 4) is 5.69 Å². The van der Waals surface area contributed by atoms with Gasteiger partial charge in [-0.2, -0.15) is 0 Å². The fourth-order valence-corrected chi connectivity index (χ4v) is 1.67. The first kappa shape index (κ1) is 10.4. The maximum Gasteiger partial charge on any atom is 0.270 e. The predicted molar refractivity (Wildman–Crippen MR) is 62.0 cm³/mol. The molecule has 0 fully saturated rings. The highest BCUT2D eigenvalue weighted by atomic mass is 16.2. The van der Waals surface area contributed by atoms with Crippen LogP contribution in [0.15, 0.2) is 46.0 Å². The molecule has 0 aliphatic rings. The van der Waals surface area contributed by atoms with Gasteiger partial charge in [-0.05, 0) is 19.1 Å². The van der Waals surface area contributed by atoms with Crippen molar-refractivity contribution in [1.82, 2.24) is 9.36 Å². The Hall–Kier alpha value is -2.10. The van der Waals surface area contributed by atoms with E-state index in [4.69, 9.17) is 0 Å². The molecule has 82 valence electrons. The Morgan fingerprint density at radius 3 is 2.31 bits per heavy atom. The molecule has 1 aromatic carbocycles. The summed E-state index contributed by atoms with van der Waals surface area (Å²) in [4.78, 5) is 23.5. The van der Waals surface area contributed by atoms with Crippen molar-refractivity contribution in [2.75, 3.05) is 0 Å². The van der Waals surface area contributed by atoms with Crippen molar-refractivity contribution in [2.45, 2.75) is 6.92 Å². The van der Waals surface area contributed by atoms with Crippen molar-refractivity contribution in [3.05, 3.63) is 62.7 Å². The molecule has 4 heteroatoms. The third-order valence-electron chi connectivity index (χ3n) is 2.48. The highest BCUT2D eigenvalue weighted by Gasteiger charge is 2.06. The van der Waals surface area contributed by atoms with Gasteiger partial charge in [-0.1, -0.05) is 18.2 Å². The summed E-state index contributed by atoms with van der Waals surface area (Å²) in [7, 11) is 1.59. The van der Waals surface area contributed by atoms with E-state index in [0.717, 1.165) is 0 Å². The molecule has 0 aliphatic carbocycles.